The lowest BCUT2D eigenvalue weighted by Crippen LogP contribution is -2.57. The standard InChI is InChI=1S/C10H15ClO6/c1-4-8(16-5(2)12)9(17-6(3)13)7(11)10(14)15-4/h4,7-10,14H,1-3H3/t4-,7+,8+,9-,10?/m0/s1. The Balaban J connectivity index is 2.86. The Morgan fingerprint density at radius 3 is 2.12 bits per heavy atom. The van der Waals surface area contributed by atoms with Crippen LogP contribution in [0.3, 0.4) is 0 Å². The van der Waals surface area contributed by atoms with Crippen molar-refractivity contribution in [1.82, 2.24) is 0 Å². The van der Waals surface area contributed by atoms with E-state index < -0.39 is 41.9 Å². The fraction of sp³-hybridized carbons (Fsp3) is 0.800. The molecule has 1 aliphatic heterocycles. The molecule has 98 valence electrons. The average Bonchev–Trinajstić information content (AvgIpc) is 2.19. The number of aliphatic hydroxyl groups excluding tert-OH is 1. The predicted molar refractivity (Wildman–Crippen MR) is 57.3 cm³/mol. The monoisotopic (exact) mass is 266 g/mol. The fourth-order valence-corrected chi connectivity index (χ4v) is 1.92. The smallest absolute Gasteiger partial charge is 0.303 e. The first-order chi connectivity index (χ1) is 7.82. The molecule has 17 heavy (non-hydrogen) atoms. The van der Waals surface area contributed by atoms with Gasteiger partial charge >= 0.3 is 11.9 Å². The van der Waals surface area contributed by atoms with E-state index in [1.807, 2.05) is 0 Å². The maximum absolute atomic E-state index is 11.0. The van der Waals surface area contributed by atoms with E-state index in [0.717, 1.165) is 0 Å². The van der Waals surface area contributed by atoms with Crippen molar-refractivity contribution in [3.05, 3.63) is 0 Å². The van der Waals surface area contributed by atoms with Crippen molar-refractivity contribution in [2.45, 2.75) is 50.8 Å². The molecule has 1 aliphatic rings. The van der Waals surface area contributed by atoms with Crippen molar-refractivity contribution < 1.29 is 28.9 Å². The van der Waals surface area contributed by atoms with Gasteiger partial charge in [-0.2, -0.15) is 0 Å². The van der Waals surface area contributed by atoms with E-state index >= 15 is 0 Å². The SMILES string of the molecule is CC(=O)O[C@@H]1[C@H](OC(C)=O)[C@H](C)OC(O)[C@@H]1Cl. The highest BCUT2D eigenvalue weighted by Crippen LogP contribution is 2.28. The van der Waals surface area contributed by atoms with E-state index in [2.05, 4.69) is 0 Å². The molecule has 0 radical (unpaired) electrons. The van der Waals surface area contributed by atoms with Gasteiger partial charge in [-0.15, -0.1) is 11.6 Å². The lowest BCUT2D eigenvalue weighted by Gasteiger charge is -2.40. The van der Waals surface area contributed by atoms with Crippen LogP contribution in [-0.2, 0) is 23.8 Å². The van der Waals surface area contributed by atoms with E-state index in [4.69, 9.17) is 25.8 Å². The second-order valence-electron chi connectivity index (χ2n) is 3.82. The highest BCUT2D eigenvalue weighted by molar-refractivity contribution is 6.21. The minimum absolute atomic E-state index is 0.539. The van der Waals surface area contributed by atoms with Crippen LogP contribution in [0.2, 0.25) is 0 Å². The maximum Gasteiger partial charge on any atom is 0.303 e. The van der Waals surface area contributed by atoms with E-state index in [1.165, 1.54) is 13.8 Å². The molecule has 0 aromatic rings. The van der Waals surface area contributed by atoms with Crippen molar-refractivity contribution >= 4 is 23.5 Å². The number of hydrogen-bond acceptors (Lipinski definition) is 6. The van der Waals surface area contributed by atoms with Gasteiger partial charge in [0.2, 0.25) is 0 Å². The Labute approximate surface area is 104 Å². The summed E-state index contributed by atoms with van der Waals surface area (Å²) in [5.41, 5.74) is 0. The molecule has 1 N–H and O–H groups in total. The Kier molecular flexibility index (Phi) is 4.73. The molecule has 7 heteroatoms. The van der Waals surface area contributed by atoms with Gasteiger partial charge in [-0.05, 0) is 6.92 Å². The Hall–Kier alpha value is -0.850. The molecule has 1 rings (SSSR count). The van der Waals surface area contributed by atoms with Crippen molar-refractivity contribution in [2.24, 2.45) is 0 Å². The summed E-state index contributed by atoms with van der Waals surface area (Å²) in [6.45, 7) is 4.03. The number of rotatable bonds is 2. The van der Waals surface area contributed by atoms with Crippen LogP contribution in [0, 0.1) is 0 Å². The molecule has 1 unspecified atom stereocenters. The summed E-state index contributed by atoms with van der Waals surface area (Å²) in [6.07, 6.45) is -3.66. The van der Waals surface area contributed by atoms with Crippen molar-refractivity contribution in [3.63, 3.8) is 0 Å². The number of ether oxygens (including phenoxy) is 3. The third-order valence-corrected chi connectivity index (χ3v) is 2.79. The van der Waals surface area contributed by atoms with Gasteiger partial charge in [0, 0.05) is 13.8 Å². The second kappa shape index (κ2) is 5.66. The first kappa shape index (κ1) is 14.2. The number of esters is 2. The topological polar surface area (TPSA) is 82.1 Å². The minimum Gasteiger partial charge on any atom is -0.457 e. The molecule has 0 spiro atoms. The summed E-state index contributed by atoms with van der Waals surface area (Å²) in [6, 6.07) is 0. The molecule has 0 amide bonds. The van der Waals surface area contributed by atoms with Crippen molar-refractivity contribution in [1.29, 1.82) is 0 Å². The van der Waals surface area contributed by atoms with Gasteiger partial charge in [-0.1, -0.05) is 0 Å². The van der Waals surface area contributed by atoms with Gasteiger partial charge in [0.15, 0.2) is 18.5 Å². The summed E-state index contributed by atoms with van der Waals surface area (Å²) in [4.78, 5) is 21.9. The minimum atomic E-state index is -1.28. The number of carbonyl (C=O) groups excluding carboxylic acids is 2. The quantitative estimate of drug-likeness (QED) is 0.568. The Morgan fingerprint density at radius 1 is 1.18 bits per heavy atom. The molecule has 0 bridgehead atoms. The fourth-order valence-electron chi connectivity index (χ4n) is 1.66. The van der Waals surface area contributed by atoms with Gasteiger partial charge in [-0.25, -0.2) is 0 Å². The lowest BCUT2D eigenvalue weighted by atomic mass is 10.0. The highest BCUT2D eigenvalue weighted by atomic mass is 35.5. The first-order valence-corrected chi connectivity index (χ1v) is 5.58. The van der Waals surface area contributed by atoms with Gasteiger partial charge < -0.3 is 19.3 Å². The first-order valence-electron chi connectivity index (χ1n) is 5.15. The third kappa shape index (κ3) is 3.55. The van der Waals surface area contributed by atoms with Crippen LogP contribution >= 0.6 is 11.6 Å². The zero-order valence-electron chi connectivity index (χ0n) is 9.75. The molecule has 1 fully saturated rings. The summed E-state index contributed by atoms with van der Waals surface area (Å²) >= 11 is 5.88. The lowest BCUT2D eigenvalue weighted by molar-refractivity contribution is -0.238. The molecular formula is C10H15ClO6. The Morgan fingerprint density at radius 2 is 1.65 bits per heavy atom. The zero-order chi connectivity index (χ0) is 13.2. The van der Waals surface area contributed by atoms with Crippen LogP contribution in [-0.4, -0.2) is 47.0 Å². The maximum atomic E-state index is 11.0. The molecule has 0 aromatic heterocycles. The molecule has 6 nitrogen and oxygen atoms in total. The molecular weight excluding hydrogens is 252 g/mol. The number of hydrogen-bond donors (Lipinski definition) is 1. The van der Waals surface area contributed by atoms with Crippen LogP contribution in [0.5, 0.6) is 0 Å². The third-order valence-electron chi connectivity index (χ3n) is 2.33. The number of halogens is 1. The summed E-state index contributed by atoms with van der Waals surface area (Å²) in [7, 11) is 0. The number of carbonyl (C=O) groups is 2. The van der Waals surface area contributed by atoms with E-state index in [-0.39, 0.29) is 0 Å². The molecule has 5 atom stereocenters. The number of aliphatic hydroxyl groups is 1. The normalized spacial score (nSPS) is 37.4. The van der Waals surface area contributed by atoms with Gasteiger partial charge in [0.1, 0.15) is 5.38 Å². The predicted octanol–water partition coefficient (Wildman–Crippen LogP) is 0.194. The summed E-state index contributed by atoms with van der Waals surface area (Å²) < 4.78 is 15.0. The second-order valence-corrected chi connectivity index (χ2v) is 4.33. The van der Waals surface area contributed by atoms with Crippen LogP contribution in [0.25, 0.3) is 0 Å². The number of alkyl halides is 1. The largest absolute Gasteiger partial charge is 0.457 e. The van der Waals surface area contributed by atoms with Gasteiger partial charge in [-0.3, -0.25) is 9.59 Å². The summed E-state index contributed by atoms with van der Waals surface area (Å²) in [5, 5.41) is 8.51. The van der Waals surface area contributed by atoms with Gasteiger partial charge in [0.05, 0.1) is 6.10 Å². The van der Waals surface area contributed by atoms with Crippen LogP contribution in [0.1, 0.15) is 20.8 Å². The van der Waals surface area contributed by atoms with Crippen molar-refractivity contribution in [3.8, 4) is 0 Å². The van der Waals surface area contributed by atoms with Crippen LogP contribution in [0.15, 0.2) is 0 Å². The van der Waals surface area contributed by atoms with Crippen LogP contribution < -0.4 is 0 Å². The van der Waals surface area contributed by atoms with Gasteiger partial charge in [0.25, 0.3) is 0 Å². The molecule has 1 heterocycles. The Bertz CT molecular complexity index is 307. The molecule has 1 saturated heterocycles. The summed E-state index contributed by atoms with van der Waals surface area (Å²) in [5.74, 6) is -1.11. The van der Waals surface area contributed by atoms with E-state index in [0.29, 0.717) is 0 Å². The molecule has 0 saturated carbocycles. The van der Waals surface area contributed by atoms with Crippen LogP contribution in [0.4, 0.5) is 0 Å². The zero-order valence-corrected chi connectivity index (χ0v) is 10.5. The van der Waals surface area contributed by atoms with E-state index in [9.17, 15) is 14.7 Å². The highest BCUT2D eigenvalue weighted by Gasteiger charge is 2.46. The van der Waals surface area contributed by atoms with Crippen molar-refractivity contribution in [2.75, 3.05) is 0 Å². The molecule has 0 aliphatic carbocycles. The molecule has 0 aromatic carbocycles. The van der Waals surface area contributed by atoms with E-state index in [1.54, 1.807) is 6.92 Å². The average molecular weight is 267 g/mol.